The predicted octanol–water partition coefficient (Wildman–Crippen LogP) is 9.04. The average molecular weight is 850 g/mol. The molecule has 1 saturated carbocycles. The van der Waals surface area contributed by atoms with E-state index in [1.807, 2.05) is 60.7 Å². The predicted molar refractivity (Wildman–Crippen MR) is 239 cm³/mol. The van der Waals surface area contributed by atoms with Gasteiger partial charge in [0.25, 0.3) is 5.91 Å². The molecule has 2 aromatic heterocycles. The zero-order chi connectivity index (χ0) is 44.1. The first-order valence-corrected chi connectivity index (χ1v) is 21.1. The Bertz CT molecular complexity index is 2700. The number of imidazole rings is 1. The second-order valence-corrected chi connectivity index (χ2v) is 16.7. The Balaban J connectivity index is 1.08. The van der Waals surface area contributed by atoms with Crippen molar-refractivity contribution in [1.82, 2.24) is 35.5 Å². The first-order valence-electron chi connectivity index (χ1n) is 21.1. The lowest BCUT2D eigenvalue weighted by molar-refractivity contribution is -0.157. The molecule has 3 N–H and O–H groups in total. The number of phenols is 1. The third-order valence-electron chi connectivity index (χ3n) is 11.2. The largest absolute Gasteiger partial charge is 0.508 e. The zero-order valence-corrected chi connectivity index (χ0v) is 36.1. The maximum atomic E-state index is 14.0. The standard InChI is InChI=1S/C49H51N7O7/c1-49(2,3)63-48(59)41(25-30-11-18-37(57)19-12-30)51-47(58)34-15-22-39(32-17-24-43(60-4)44(28-32)61-5)35(26-34)29-62-38-20-13-31(14-21-38)46-50-40-27-33(45-52-54-55-53-45)16-23-42(40)56(46)36-9-7-6-8-10-36/h11-24,26-28,36,41,57H,6-10,25,29H2,1-5H3,(H,51,58)(H,52,53,54,55). The van der Waals surface area contributed by atoms with Crippen LogP contribution in [0, 0.1) is 0 Å². The Morgan fingerprint density at radius 1 is 0.841 bits per heavy atom. The van der Waals surface area contributed by atoms with Gasteiger partial charge in [-0.3, -0.25) is 4.79 Å². The smallest absolute Gasteiger partial charge is 0.329 e. The van der Waals surface area contributed by atoms with Crippen LogP contribution in [0.5, 0.6) is 23.0 Å². The normalized spacial score (nSPS) is 13.7. The van der Waals surface area contributed by atoms with Gasteiger partial charge in [0.15, 0.2) is 11.5 Å². The molecule has 63 heavy (non-hydrogen) atoms. The van der Waals surface area contributed by atoms with Crippen molar-refractivity contribution in [3.63, 3.8) is 0 Å². The number of H-pyrrole nitrogens is 1. The molecule has 0 saturated heterocycles. The van der Waals surface area contributed by atoms with E-state index >= 15 is 0 Å². The number of nitrogens with zero attached hydrogens (tertiary/aromatic N) is 5. The number of tetrazole rings is 1. The van der Waals surface area contributed by atoms with Crippen molar-refractivity contribution in [2.45, 2.75) is 83.6 Å². The van der Waals surface area contributed by atoms with E-state index in [2.05, 4.69) is 36.6 Å². The first kappa shape index (κ1) is 42.5. The minimum absolute atomic E-state index is 0.101. The van der Waals surface area contributed by atoms with Crippen LogP contribution in [0.25, 0.3) is 44.9 Å². The second-order valence-electron chi connectivity index (χ2n) is 16.7. The van der Waals surface area contributed by atoms with Crippen LogP contribution in [0.15, 0.2) is 103 Å². The molecule has 0 bridgehead atoms. The van der Waals surface area contributed by atoms with E-state index in [1.165, 1.54) is 19.3 Å². The van der Waals surface area contributed by atoms with Crippen LogP contribution in [-0.2, 0) is 22.6 Å². The van der Waals surface area contributed by atoms with Crippen LogP contribution in [0.3, 0.4) is 0 Å². The number of benzene rings is 5. The molecule has 1 aliphatic carbocycles. The summed E-state index contributed by atoms with van der Waals surface area (Å²) in [5.74, 6) is 2.25. The maximum Gasteiger partial charge on any atom is 0.329 e. The number of carbonyl (C=O) groups excluding carboxylic acids is 2. The topological polar surface area (TPSA) is 176 Å². The average Bonchev–Trinajstić information content (AvgIpc) is 3.97. The van der Waals surface area contributed by atoms with E-state index in [4.69, 9.17) is 23.9 Å². The van der Waals surface area contributed by atoms with Gasteiger partial charge in [0.05, 0.1) is 25.3 Å². The molecule has 14 nitrogen and oxygen atoms in total. The number of amides is 1. The van der Waals surface area contributed by atoms with Gasteiger partial charge < -0.3 is 33.9 Å². The molecule has 1 atom stereocenters. The Morgan fingerprint density at radius 3 is 2.27 bits per heavy atom. The molecule has 1 fully saturated rings. The fraction of sp³-hybridized carbons (Fsp3) is 0.306. The molecular weight excluding hydrogens is 799 g/mol. The molecule has 324 valence electrons. The van der Waals surface area contributed by atoms with E-state index in [0.717, 1.165) is 63.1 Å². The summed E-state index contributed by atoms with van der Waals surface area (Å²) in [5, 5.41) is 27.3. The number of hydrogen-bond donors (Lipinski definition) is 3. The molecule has 8 rings (SSSR count). The number of phenolic OH excluding ortho intramolecular Hbond substituents is 1. The minimum atomic E-state index is -0.996. The first-order chi connectivity index (χ1) is 30.5. The van der Waals surface area contributed by atoms with Crippen LogP contribution in [0.2, 0.25) is 0 Å². The lowest BCUT2D eigenvalue weighted by Gasteiger charge is -2.25. The van der Waals surface area contributed by atoms with E-state index in [-0.39, 0.29) is 18.8 Å². The number of ether oxygens (including phenoxy) is 4. The van der Waals surface area contributed by atoms with E-state index in [1.54, 1.807) is 71.4 Å². The van der Waals surface area contributed by atoms with Crippen LogP contribution in [-0.4, -0.2) is 73.0 Å². The zero-order valence-electron chi connectivity index (χ0n) is 36.1. The van der Waals surface area contributed by atoms with Crippen molar-refractivity contribution < 1.29 is 33.6 Å². The third-order valence-corrected chi connectivity index (χ3v) is 11.2. The third kappa shape index (κ3) is 9.80. The molecule has 14 heteroatoms. The van der Waals surface area contributed by atoms with Crippen molar-refractivity contribution in [1.29, 1.82) is 0 Å². The highest BCUT2D eigenvalue weighted by atomic mass is 16.6. The Morgan fingerprint density at radius 2 is 1.57 bits per heavy atom. The summed E-state index contributed by atoms with van der Waals surface area (Å²) in [4.78, 5) is 32.6. The van der Waals surface area contributed by atoms with Gasteiger partial charge in [0.2, 0.25) is 5.82 Å². The van der Waals surface area contributed by atoms with Gasteiger partial charge >= 0.3 is 5.97 Å². The molecule has 1 aliphatic rings. The molecule has 2 heterocycles. The molecule has 7 aromatic rings. The number of aromatic nitrogens is 6. The van der Waals surface area contributed by atoms with Crippen molar-refractivity contribution in [2.24, 2.45) is 0 Å². The highest BCUT2D eigenvalue weighted by molar-refractivity contribution is 5.97. The summed E-state index contributed by atoms with van der Waals surface area (Å²) >= 11 is 0. The molecule has 0 aliphatic heterocycles. The minimum Gasteiger partial charge on any atom is -0.508 e. The molecule has 0 radical (unpaired) electrons. The van der Waals surface area contributed by atoms with Crippen LogP contribution in [0.4, 0.5) is 0 Å². The molecule has 5 aromatic carbocycles. The quantitative estimate of drug-likeness (QED) is 0.0891. The van der Waals surface area contributed by atoms with Crippen molar-refractivity contribution in [2.75, 3.05) is 14.2 Å². The van der Waals surface area contributed by atoms with Crippen LogP contribution < -0.4 is 19.5 Å². The summed E-state index contributed by atoms with van der Waals surface area (Å²) in [6.07, 6.45) is 5.93. The number of fused-ring (bicyclic) bond motifs is 1. The number of rotatable bonds is 14. The van der Waals surface area contributed by atoms with Gasteiger partial charge in [-0.05, 0) is 140 Å². The Labute approximate surface area is 365 Å². The van der Waals surface area contributed by atoms with E-state index in [0.29, 0.717) is 34.7 Å². The van der Waals surface area contributed by atoms with Crippen molar-refractivity contribution in [3.8, 4) is 56.9 Å². The lowest BCUT2D eigenvalue weighted by Crippen LogP contribution is -2.45. The van der Waals surface area contributed by atoms with E-state index < -0.39 is 23.5 Å². The van der Waals surface area contributed by atoms with E-state index in [9.17, 15) is 14.7 Å². The molecule has 0 spiro atoms. The summed E-state index contributed by atoms with van der Waals surface area (Å²) in [7, 11) is 3.17. The molecule has 1 amide bonds. The monoisotopic (exact) mass is 849 g/mol. The Hall–Kier alpha value is -7.22. The lowest BCUT2D eigenvalue weighted by atomic mass is 9.94. The SMILES string of the molecule is COc1ccc(-c2ccc(C(=O)NC(Cc3ccc(O)cc3)C(=O)OC(C)(C)C)cc2COc2ccc(-c3nc4cc(-c5nn[nH]n5)ccc4n3C3CCCCC3)cc2)cc1OC. The van der Waals surface area contributed by atoms with Crippen LogP contribution >= 0.6 is 0 Å². The summed E-state index contributed by atoms with van der Waals surface area (Å²) in [6, 6.07) is 30.9. The van der Waals surface area contributed by atoms with Gasteiger partial charge in [0, 0.05) is 29.2 Å². The summed E-state index contributed by atoms with van der Waals surface area (Å²) in [5.41, 5.74) is 6.40. The highest BCUT2D eigenvalue weighted by Crippen LogP contribution is 2.38. The summed E-state index contributed by atoms with van der Waals surface area (Å²) < 4.78 is 25.7. The molecule has 1 unspecified atom stereocenters. The number of nitrogens with one attached hydrogen (secondary N) is 2. The van der Waals surface area contributed by atoms with Gasteiger partial charge in [-0.1, -0.05) is 43.5 Å². The van der Waals surface area contributed by atoms with Crippen molar-refractivity contribution in [3.05, 3.63) is 120 Å². The van der Waals surface area contributed by atoms with Gasteiger partial charge in [-0.2, -0.15) is 5.21 Å². The van der Waals surface area contributed by atoms with Gasteiger partial charge in [-0.15, -0.1) is 10.2 Å². The van der Waals surface area contributed by atoms with Gasteiger partial charge in [-0.25, -0.2) is 9.78 Å². The fourth-order valence-corrected chi connectivity index (χ4v) is 8.11. The second kappa shape index (κ2) is 18.4. The number of carbonyl (C=O) groups is 2. The fourth-order valence-electron chi connectivity index (χ4n) is 8.11. The summed E-state index contributed by atoms with van der Waals surface area (Å²) in [6.45, 7) is 5.45. The number of esters is 1. The maximum absolute atomic E-state index is 14.0. The molecular formula is C49H51N7O7. The van der Waals surface area contributed by atoms with Gasteiger partial charge in [0.1, 0.15) is 35.6 Å². The number of methoxy groups -OCH3 is 2. The van der Waals surface area contributed by atoms with Crippen molar-refractivity contribution >= 4 is 22.9 Å². The number of aromatic amines is 1. The Kier molecular flexibility index (Phi) is 12.4. The highest BCUT2D eigenvalue weighted by Gasteiger charge is 2.28. The number of aromatic hydroxyl groups is 1. The number of hydrogen-bond acceptors (Lipinski definition) is 11. The van der Waals surface area contributed by atoms with Crippen LogP contribution in [0.1, 0.15) is 80.4 Å².